The number of nitrogens with zero attached hydrogens (tertiary/aromatic N) is 4. The quantitative estimate of drug-likeness (QED) is 0.493. The number of aliphatic hydroxyl groups excluding tert-OH is 2. The molecule has 8 nitrogen and oxygen atoms in total. The molecule has 0 radical (unpaired) electrons. The van der Waals surface area contributed by atoms with Crippen LogP contribution in [0.5, 0.6) is 0 Å². The zero-order chi connectivity index (χ0) is 15.9. The van der Waals surface area contributed by atoms with Gasteiger partial charge in [0.1, 0.15) is 35.9 Å². The minimum Gasteiger partial charge on any atom is -0.387 e. The monoisotopic (exact) mass is 325 g/mol. The van der Waals surface area contributed by atoms with Crippen LogP contribution in [0, 0.1) is 6.92 Å². The van der Waals surface area contributed by atoms with E-state index in [1.165, 1.54) is 12.7 Å². The Bertz CT molecular complexity index is 666. The van der Waals surface area contributed by atoms with Crippen LogP contribution in [0.2, 0.25) is 0 Å². The average molecular weight is 325 g/mol. The van der Waals surface area contributed by atoms with E-state index in [-0.39, 0.29) is 16.7 Å². The first-order valence-electron chi connectivity index (χ1n) is 6.86. The summed E-state index contributed by atoms with van der Waals surface area (Å²) in [6.45, 7) is 3.86. The summed E-state index contributed by atoms with van der Waals surface area (Å²) in [4.78, 5) is 12.2. The van der Waals surface area contributed by atoms with Gasteiger partial charge in [-0.25, -0.2) is 15.0 Å². The number of rotatable bonds is 4. The van der Waals surface area contributed by atoms with Crippen LogP contribution in [-0.2, 0) is 15.6 Å². The van der Waals surface area contributed by atoms with Crippen molar-refractivity contribution in [3.8, 4) is 0 Å². The third kappa shape index (κ3) is 2.54. The molecule has 0 aromatic carbocycles. The third-order valence-electron chi connectivity index (χ3n) is 3.80. The smallest absolute Gasteiger partial charge is 0.167 e. The summed E-state index contributed by atoms with van der Waals surface area (Å²) < 4.78 is 7.43. The topological polar surface area (TPSA) is 119 Å². The van der Waals surface area contributed by atoms with Crippen molar-refractivity contribution in [1.29, 1.82) is 0 Å². The summed E-state index contributed by atoms with van der Waals surface area (Å²) in [6.07, 6.45) is 1.68. The first-order chi connectivity index (χ1) is 10.5. The number of imidazole rings is 1. The molecule has 1 fully saturated rings. The van der Waals surface area contributed by atoms with Gasteiger partial charge in [0.15, 0.2) is 17.7 Å². The van der Waals surface area contributed by atoms with Gasteiger partial charge in [-0.2, -0.15) is 0 Å². The second-order valence-electron chi connectivity index (χ2n) is 5.28. The van der Waals surface area contributed by atoms with Gasteiger partial charge < -0.3 is 20.7 Å². The maximum atomic E-state index is 10.3. The second kappa shape index (κ2) is 5.99. The minimum atomic E-state index is -1.06. The van der Waals surface area contributed by atoms with Crippen molar-refractivity contribution in [2.24, 2.45) is 0 Å². The van der Waals surface area contributed by atoms with Crippen LogP contribution in [0.3, 0.4) is 0 Å². The molecule has 120 valence electrons. The van der Waals surface area contributed by atoms with Gasteiger partial charge in [-0.1, -0.05) is 0 Å². The zero-order valence-corrected chi connectivity index (χ0v) is 13.0. The van der Waals surface area contributed by atoms with Crippen LogP contribution in [0.4, 0.5) is 5.82 Å². The van der Waals surface area contributed by atoms with Gasteiger partial charge in [0.2, 0.25) is 0 Å². The Hall–Kier alpha value is -1.42. The van der Waals surface area contributed by atoms with Crippen LogP contribution in [-0.4, -0.2) is 65.8 Å². The maximum absolute atomic E-state index is 10.3. The molecule has 2 aromatic rings. The predicted octanol–water partition coefficient (Wildman–Crippen LogP) is -0.890. The number of hydrogen-bond donors (Lipinski definition) is 3. The Morgan fingerprint density at radius 1 is 1.36 bits per heavy atom. The lowest BCUT2D eigenvalue weighted by molar-refractivity contribution is -0.0290. The van der Waals surface area contributed by atoms with Crippen molar-refractivity contribution in [3.63, 3.8) is 0 Å². The van der Waals surface area contributed by atoms with E-state index in [2.05, 4.69) is 28.1 Å². The van der Waals surface area contributed by atoms with E-state index < -0.39 is 24.5 Å². The number of ether oxygens (including phenoxy) is 1. The van der Waals surface area contributed by atoms with E-state index in [9.17, 15) is 10.2 Å². The van der Waals surface area contributed by atoms with Crippen LogP contribution in [0.25, 0.3) is 11.2 Å². The van der Waals surface area contributed by atoms with Crippen LogP contribution < -0.4 is 5.73 Å². The molecule has 5 atom stereocenters. The van der Waals surface area contributed by atoms with Crippen molar-refractivity contribution >= 4 is 27.9 Å². The van der Waals surface area contributed by atoms with Gasteiger partial charge in [-0.3, -0.25) is 11.5 Å². The lowest BCUT2D eigenvalue weighted by atomic mass is 10.1. The molecule has 0 bridgehead atoms. The van der Waals surface area contributed by atoms with Crippen molar-refractivity contribution in [2.45, 2.75) is 24.5 Å². The van der Waals surface area contributed by atoms with E-state index in [1.54, 1.807) is 4.57 Å². The first kappa shape index (κ1) is 15.5. The van der Waals surface area contributed by atoms with E-state index in [0.29, 0.717) is 16.9 Å². The standard InChI is InChI=1S/C13H19N5O3S/c1-3-22(2)4-7-9(19)10(20)13(21-7)18-6-17-8-11(14)15-5-16-12(8)18/h5-7,9-10,13,19-20H,1,3-4H2,2H3,(H2,14,15,16)/t7-,9-,10-,13-,22?/m1/s1. The van der Waals surface area contributed by atoms with Gasteiger partial charge >= 0.3 is 0 Å². The van der Waals surface area contributed by atoms with Gasteiger partial charge in [0.05, 0.1) is 12.6 Å². The molecular weight excluding hydrogens is 306 g/mol. The van der Waals surface area contributed by atoms with E-state index >= 15 is 0 Å². The molecule has 9 heteroatoms. The Kier molecular flexibility index (Phi) is 4.22. The molecule has 22 heavy (non-hydrogen) atoms. The van der Waals surface area contributed by atoms with E-state index in [0.717, 1.165) is 5.75 Å². The highest BCUT2D eigenvalue weighted by Gasteiger charge is 2.46. The highest BCUT2D eigenvalue weighted by molar-refractivity contribution is 7.96. The molecule has 1 aliphatic heterocycles. The zero-order valence-electron chi connectivity index (χ0n) is 12.2. The van der Waals surface area contributed by atoms with E-state index in [4.69, 9.17) is 10.5 Å². The normalized spacial score (nSPS) is 30.0. The molecule has 0 amide bonds. The molecule has 0 aliphatic carbocycles. The number of aliphatic hydroxyl groups is 2. The van der Waals surface area contributed by atoms with Crippen LogP contribution >= 0.6 is 0 Å². The van der Waals surface area contributed by atoms with Crippen molar-refractivity contribution in [1.82, 2.24) is 19.5 Å². The van der Waals surface area contributed by atoms with Gasteiger partial charge in [0, 0.05) is 0 Å². The summed E-state index contributed by atoms with van der Waals surface area (Å²) in [7, 11) is 0.0273. The Morgan fingerprint density at radius 2 is 2.14 bits per heavy atom. The maximum Gasteiger partial charge on any atom is 0.167 e. The number of aromatic nitrogens is 4. The SMILES string of the molecule is [CH2-]C[S+](C)C[C@H]1O[C@@H](n2cnc3c(N)ncnc32)[C@H](O)[C@@H]1O. The number of nitrogen functional groups attached to an aromatic ring is 1. The summed E-state index contributed by atoms with van der Waals surface area (Å²) in [5.74, 6) is 1.69. The number of hydrogen-bond acceptors (Lipinski definition) is 7. The Balaban J connectivity index is 1.89. The molecule has 0 spiro atoms. The van der Waals surface area contributed by atoms with E-state index in [1.807, 2.05) is 0 Å². The number of nitrogens with two attached hydrogens (primary N) is 1. The fourth-order valence-electron chi connectivity index (χ4n) is 2.52. The Morgan fingerprint density at radius 3 is 2.86 bits per heavy atom. The molecular formula is C13H19N5O3S. The fourth-order valence-corrected chi connectivity index (χ4v) is 3.52. The number of fused-ring (bicyclic) bond motifs is 1. The molecule has 3 heterocycles. The molecule has 1 unspecified atom stereocenters. The largest absolute Gasteiger partial charge is 0.387 e. The summed E-state index contributed by atoms with van der Waals surface area (Å²) in [5.41, 5.74) is 6.67. The molecule has 4 N–H and O–H groups in total. The lowest BCUT2D eigenvalue weighted by Crippen LogP contribution is -2.35. The van der Waals surface area contributed by atoms with Gasteiger partial charge in [-0.05, 0) is 16.6 Å². The van der Waals surface area contributed by atoms with Crippen molar-refractivity contribution in [3.05, 3.63) is 19.6 Å². The minimum absolute atomic E-state index is 0.0273. The molecule has 1 saturated heterocycles. The summed E-state index contributed by atoms with van der Waals surface area (Å²) in [5, 5.41) is 20.5. The van der Waals surface area contributed by atoms with Crippen LogP contribution in [0.15, 0.2) is 12.7 Å². The highest BCUT2D eigenvalue weighted by Crippen LogP contribution is 2.32. The molecule has 2 aromatic heterocycles. The second-order valence-corrected chi connectivity index (χ2v) is 7.59. The molecule has 3 rings (SSSR count). The predicted molar refractivity (Wildman–Crippen MR) is 84.0 cm³/mol. The first-order valence-corrected chi connectivity index (χ1v) is 8.83. The fraction of sp³-hybridized carbons (Fsp3) is 0.538. The molecule has 0 saturated carbocycles. The lowest BCUT2D eigenvalue weighted by Gasteiger charge is -2.16. The third-order valence-corrected chi connectivity index (χ3v) is 5.39. The Labute approximate surface area is 130 Å². The number of anilines is 1. The summed E-state index contributed by atoms with van der Waals surface area (Å²) >= 11 is 0. The van der Waals surface area contributed by atoms with Gasteiger partial charge in [-0.15, -0.1) is 0 Å². The summed E-state index contributed by atoms with van der Waals surface area (Å²) in [6, 6.07) is 0. The average Bonchev–Trinajstić information content (AvgIpc) is 3.05. The molecule has 1 aliphatic rings. The van der Waals surface area contributed by atoms with Crippen molar-refractivity contribution in [2.75, 3.05) is 23.5 Å². The van der Waals surface area contributed by atoms with Gasteiger partial charge in [0.25, 0.3) is 0 Å². The highest BCUT2D eigenvalue weighted by atomic mass is 32.2. The van der Waals surface area contributed by atoms with Crippen molar-refractivity contribution < 1.29 is 14.9 Å². The van der Waals surface area contributed by atoms with Crippen LogP contribution in [0.1, 0.15) is 6.23 Å².